The standard InChI is InChI=1S/C31H22O10/c1-39-18-11-22(36)28-23(37)13-24(40-26(28)12-18)15-4-7-20(34)19(8-15)27-30(38)29-21(35)9-17(33)10-25(29)41-31(27)14-2-5-16(32)6-3-14/h2-13,27,31-36H,1H3/t27-,31+/m0/s1. The number of carbonyl (C=O) groups excluding carboxylic acids is 1. The number of hydrogen-bond donors (Lipinski definition) is 5. The van der Waals surface area contributed by atoms with Gasteiger partial charge in [0.25, 0.3) is 0 Å². The number of benzene rings is 4. The summed E-state index contributed by atoms with van der Waals surface area (Å²) in [7, 11) is 1.40. The molecule has 206 valence electrons. The minimum Gasteiger partial charge on any atom is -0.508 e. The molecule has 0 fully saturated rings. The molecule has 10 heteroatoms. The smallest absolute Gasteiger partial charge is 0.197 e. The average molecular weight is 555 g/mol. The van der Waals surface area contributed by atoms with Crippen molar-refractivity contribution in [1.29, 1.82) is 0 Å². The largest absolute Gasteiger partial charge is 0.508 e. The SMILES string of the molecule is COc1cc(O)c2c(=O)cc(-c3ccc(O)c([C@H]4C(=O)c5c(O)cc(O)cc5O[C@@H]4c4ccc(O)cc4)c3)oc2c1. The third kappa shape index (κ3) is 4.31. The first-order chi connectivity index (χ1) is 19.6. The summed E-state index contributed by atoms with van der Waals surface area (Å²) in [6, 6.07) is 16.4. The lowest BCUT2D eigenvalue weighted by atomic mass is 9.79. The minimum atomic E-state index is -1.20. The van der Waals surface area contributed by atoms with Gasteiger partial charge in [0.05, 0.1) is 13.0 Å². The second-order valence-corrected chi connectivity index (χ2v) is 9.58. The quantitative estimate of drug-likeness (QED) is 0.202. The van der Waals surface area contributed by atoms with E-state index in [1.807, 2.05) is 0 Å². The van der Waals surface area contributed by atoms with Gasteiger partial charge in [0.1, 0.15) is 68.6 Å². The van der Waals surface area contributed by atoms with Crippen LogP contribution in [0.3, 0.4) is 0 Å². The molecule has 0 saturated carbocycles. The van der Waals surface area contributed by atoms with Crippen molar-refractivity contribution in [2.75, 3.05) is 7.11 Å². The highest BCUT2D eigenvalue weighted by Crippen LogP contribution is 2.50. The van der Waals surface area contributed by atoms with Crippen LogP contribution in [-0.4, -0.2) is 38.4 Å². The van der Waals surface area contributed by atoms with Gasteiger partial charge in [-0.2, -0.15) is 0 Å². The predicted molar refractivity (Wildman–Crippen MR) is 146 cm³/mol. The van der Waals surface area contributed by atoms with Crippen molar-refractivity contribution in [3.8, 4) is 51.6 Å². The van der Waals surface area contributed by atoms with Crippen LogP contribution in [0.2, 0.25) is 0 Å². The summed E-state index contributed by atoms with van der Waals surface area (Å²) in [5.74, 6) is -2.86. The van der Waals surface area contributed by atoms with Gasteiger partial charge in [-0.05, 0) is 35.9 Å². The number of carbonyl (C=O) groups is 1. The topological polar surface area (TPSA) is 167 Å². The Morgan fingerprint density at radius 3 is 2.24 bits per heavy atom. The zero-order valence-corrected chi connectivity index (χ0v) is 21.4. The van der Waals surface area contributed by atoms with Gasteiger partial charge in [0.2, 0.25) is 0 Å². The molecule has 5 N–H and O–H groups in total. The summed E-state index contributed by atoms with van der Waals surface area (Å²) in [5, 5.41) is 51.6. The van der Waals surface area contributed by atoms with Crippen molar-refractivity contribution in [3.05, 3.63) is 99.7 Å². The van der Waals surface area contributed by atoms with E-state index in [1.165, 1.54) is 61.7 Å². The number of phenols is 5. The van der Waals surface area contributed by atoms with E-state index in [0.29, 0.717) is 11.1 Å². The van der Waals surface area contributed by atoms with E-state index in [2.05, 4.69) is 0 Å². The van der Waals surface area contributed by atoms with Gasteiger partial charge in [0.15, 0.2) is 11.2 Å². The predicted octanol–water partition coefficient (Wildman–Crippen LogP) is 5.10. The lowest BCUT2D eigenvalue weighted by Crippen LogP contribution is -2.30. The Morgan fingerprint density at radius 1 is 0.756 bits per heavy atom. The van der Waals surface area contributed by atoms with E-state index in [1.54, 1.807) is 12.1 Å². The van der Waals surface area contributed by atoms with Crippen molar-refractivity contribution in [1.82, 2.24) is 0 Å². The van der Waals surface area contributed by atoms with E-state index >= 15 is 0 Å². The van der Waals surface area contributed by atoms with Crippen molar-refractivity contribution in [2.45, 2.75) is 12.0 Å². The van der Waals surface area contributed by atoms with Crippen LogP contribution in [0.25, 0.3) is 22.3 Å². The first kappa shape index (κ1) is 25.6. The average Bonchev–Trinajstić information content (AvgIpc) is 2.93. The third-order valence-corrected chi connectivity index (χ3v) is 7.04. The second kappa shape index (κ2) is 9.53. The molecule has 41 heavy (non-hydrogen) atoms. The second-order valence-electron chi connectivity index (χ2n) is 9.58. The Hall–Kier alpha value is -5.64. The van der Waals surface area contributed by atoms with Gasteiger partial charge in [-0.1, -0.05) is 12.1 Å². The van der Waals surface area contributed by atoms with Gasteiger partial charge in [0, 0.05) is 41.5 Å². The normalized spacial score (nSPS) is 16.3. The lowest BCUT2D eigenvalue weighted by molar-refractivity contribution is 0.0772. The van der Waals surface area contributed by atoms with E-state index in [0.717, 1.165) is 6.07 Å². The zero-order valence-electron chi connectivity index (χ0n) is 21.4. The maximum Gasteiger partial charge on any atom is 0.197 e. The number of hydrogen-bond acceptors (Lipinski definition) is 10. The third-order valence-electron chi connectivity index (χ3n) is 7.04. The van der Waals surface area contributed by atoms with Crippen molar-refractivity contribution in [3.63, 3.8) is 0 Å². The summed E-state index contributed by atoms with van der Waals surface area (Å²) < 4.78 is 17.2. The van der Waals surface area contributed by atoms with Gasteiger partial charge < -0.3 is 39.4 Å². The van der Waals surface area contributed by atoms with E-state index in [9.17, 15) is 35.1 Å². The lowest BCUT2D eigenvalue weighted by Gasteiger charge is -2.34. The molecular formula is C31H22O10. The fourth-order valence-electron chi connectivity index (χ4n) is 5.11. The van der Waals surface area contributed by atoms with Crippen LogP contribution in [0, 0.1) is 0 Å². The Kier molecular flexibility index (Phi) is 5.95. The van der Waals surface area contributed by atoms with Crippen molar-refractivity contribution < 1.29 is 44.2 Å². The summed E-state index contributed by atoms with van der Waals surface area (Å²) in [4.78, 5) is 26.9. The molecule has 0 spiro atoms. The maximum absolute atomic E-state index is 13.9. The number of ketones is 1. The highest BCUT2D eigenvalue weighted by Gasteiger charge is 2.42. The molecule has 1 aliphatic rings. The number of fused-ring (bicyclic) bond motifs is 2. The summed E-state index contributed by atoms with van der Waals surface area (Å²) in [5.41, 5.74) is 0.286. The Bertz CT molecular complexity index is 1910. The van der Waals surface area contributed by atoms with Crippen LogP contribution >= 0.6 is 0 Å². The maximum atomic E-state index is 13.9. The fourth-order valence-corrected chi connectivity index (χ4v) is 5.11. The molecule has 1 aromatic heterocycles. The van der Waals surface area contributed by atoms with Crippen LogP contribution in [0.1, 0.15) is 33.5 Å². The highest BCUT2D eigenvalue weighted by molar-refractivity contribution is 6.07. The molecule has 0 radical (unpaired) electrons. The summed E-state index contributed by atoms with van der Waals surface area (Å²) >= 11 is 0. The van der Waals surface area contributed by atoms with Gasteiger partial charge in [-0.25, -0.2) is 0 Å². The van der Waals surface area contributed by atoms with Crippen LogP contribution in [0.4, 0.5) is 0 Å². The highest BCUT2D eigenvalue weighted by atomic mass is 16.5. The van der Waals surface area contributed by atoms with Crippen molar-refractivity contribution in [2.24, 2.45) is 0 Å². The van der Waals surface area contributed by atoms with Crippen LogP contribution < -0.4 is 14.9 Å². The zero-order chi connectivity index (χ0) is 29.0. The number of methoxy groups -OCH3 is 1. The molecule has 0 amide bonds. The number of ether oxygens (including phenoxy) is 2. The van der Waals surface area contributed by atoms with E-state index in [4.69, 9.17) is 13.9 Å². The Morgan fingerprint density at radius 2 is 1.51 bits per heavy atom. The number of Topliss-reactive ketones (excluding diaryl/α,β-unsaturated/α-hetero) is 1. The fraction of sp³-hybridized carbons (Fsp3) is 0.0968. The summed E-state index contributed by atoms with van der Waals surface area (Å²) in [6.45, 7) is 0. The minimum absolute atomic E-state index is 0.0121. The molecule has 0 bridgehead atoms. The Balaban J connectivity index is 1.54. The van der Waals surface area contributed by atoms with Gasteiger partial charge >= 0.3 is 0 Å². The molecule has 4 aromatic carbocycles. The molecule has 5 aromatic rings. The molecule has 10 nitrogen and oxygen atoms in total. The van der Waals surface area contributed by atoms with Crippen LogP contribution in [-0.2, 0) is 0 Å². The van der Waals surface area contributed by atoms with E-state index < -0.39 is 29.0 Å². The first-order valence-electron chi connectivity index (χ1n) is 12.4. The first-order valence-corrected chi connectivity index (χ1v) is 12.4. The Labute approximate surface area is 231 Å². The van der Waals surface area contributed by atoms with Gasteiger partial charge in [-0.3, -0.25) is 9.59 Å². The molecular weight excluding hydrogens is 532 g/mol. The number of rotatable bonds is 4. The van der Waals surface area contributed by atoms with Gasteiger partial charge in [-0.15, -0.1) is 0 Å². The monoisotopic (exact) mass is 554 g/mol. The number of aromatic hydroxyl groups is 5. The molecule has 0 aliphatic carbocycles. The van der Waals surface area contributed by atoms with Crippen LogP contribution in [0.5, 0.6) is 40.2 Å². The summed E-state index contributed by atoms with van der Waals surface area (Å²) in [6.07, 6.45) is -1.04. The van der Waals surface area contributed by atoms with Crippen LogP contribution in [0.15, 0.2) is 82.0 Å². The van der Waals surface area contributed by atoms with Crippen molar-refractivity contribution >= 4 is 16.8 Å². The molecule has 2 atom stereocenters. The molecule has 1 aliphatic heterocycles. The molecule has 6 rings (SSSR count). The van der Waals surface area contributed by atoms with E-state index in [-0.39, 0.29) is 62.4 Å². The molecule has 0 saturated heterocycles. The molecule has 2 heterocycles. The molecule has 0 unspecified atom stereocenters. The number of phenolic OH excluding ortho intramolecular Hbond substituents is 5.